The van der Waals surface area contributed by atoms with Crippen molar-refractivity contribution < 1.29 is 4.79 Å². The van der Waals surface area contributed by atoms with Crippen LogP contribution in [-0.2, 0) is 11.2 Å². The maximum absolute atomic E-state index is 12.6. The van der Waals surface area contributed by atoms with E-state index in [1.54, 1.807) is 0 Å². The maximum Gasteiger partial charge on any atom is 0.238 e. The zero-order valence-corrected chi connectivity index (χ0v) is 15.0. The lowest BCUT2D eigenvalue weighted by Crippen LogP contribution is -2.50. The van der Waals surface area contributed by atoms with Gasteiger partial charge in [-0.25, -0.2) is 0 Å². The Balaban J connectivity index is 1.34. The number of nitrogens with zero attached hydrogens (tertiary/aromatic N) is 1. The number of rotatable bonds is 4. The van der Waals surface area contributed by atoms with E-state index in [1.807, 2.05) is 18.2 Å². The summed E-state index contributed by atoms with van der Waals surface area (Å²) in [7, 11) is 0. The lowest BCUT2D eigenvalue weighted by atomic mass is 9.98. The molecule has 2 fully saturated rings. The molecular formula is C22H22N4O. The van der Waals surface area contributed by atoms with Crippen molar-refractivity contribution in [2.24, 2.45) is 5.92 Å². The summed E-state index contributed by atoms with van der Waals surface area (Å²) in [6.45, 7) is 0. The smallest absolute Gasteiger partial charge is 0.238 e. The number of amides is 1. The Morgan fingerprint density at radius 2 is 2.04 bits per heavy atom. The van der Waals surface area contributed by atoms with E-state index in [-0.39, 0.29) is 11.9 Å². The molecule has 5 nitrogen and oxygen atoms in total. The quantitative estimate of drug-likeness (QED) is 0.671. The summed E-state index contributed by atoms with van der Waals surface area (Å²) >= 11 is 0. The van der Waals surface area contributed by atoms with Gasteiger partial charge in [0.05, 0.1) is 12.1 Å². The average molecular weight is 358 g/mol. The summed E-state index contributed by atoms with van der Waals surface area (Å²) in [6, 6.07) is 16.5. The molecule has 0 spiro atoms. The van der Waals surface area contributed by atoms with Crippen LogP contribution in [0.15, 0.2) is 42.5 Å². The molecule has 1 aromatic heterocycles. The fraction of sp³-hybridized carbons (Fsp3) is 0.364. The number of para-hydroxylation sites is 1. The Labute approximate surface area is 157 Å². The fourth-order valence-electron chi connectivity index (χ4n) is 4.80. The zero-order chi connectivity index (χ0) is 18.4. The van der Waals surface area contributed by atoms with Gasteiger partial charge >= 0.3 is 0 Å². The Bertz CT molecular complexity index is 1060. The molecule has 1 saturated carbocycles. The number of hydrogen-bond acceptors (Lipinski definition) is 3. The van der Waals surface area contributed by atoms with Crippen LogP contribution in [0.4, 0.5) is 0 Å². The van der Waals surface area contributed by atoms with E-state index in [4.69, 9.17) is 0 Å². The molecule has 4 atom stereocenters. The van der Waals surface area contributed by atoms with Crippen molar-refractivity contribution in [1.29, 1.82) is 5.26 Å². The molecule has 4 unspecified atom stereocenters. The Morgan fingerprint density at radius 3 is 2.81 bits per heavy atom. The van der Waals surface area contributed by atoms with E-state index >= 15 is 0 Å². The van der Waals surface area contributed by atoms with Gasteiger partial charge in [0, 0.05) is 34.3 Å². The second-order valence-electron chi connectivity index (χ2n) is 7.86. The van der Waals surface area contributed by atoms with Gasteiger partial charge in [-0.2, -0.15) is 5.26 Å². The number of nitrogens with one attached hydrogen (secondary N) is 3. The normalized spacial score (nSPS) is 24.9. The molecule has 1 saturated heterocycles. The molecule has 3 N–H and O–H groups in total. The van der Waals surface area contributed by atoms with Gasteiger partial charge in [-0.05, 0) is 48.9 Å². The van der Waals surface area contributed by atoms with Crippen molar-refractivity contribution in [1.82, 2.24) is 15.6 Å². The number of fused-ring (bicyclic) bond motifs is 5. The summed E-state index contributed by atoms with van der Waals surface area (Å²) in [4.78, 5) is 16.0. The lowest BCUT2D eigenvalue weighted by molar-refractivity contribution is -0.124. The summed E-state index contributed by atoms with van der Waals surface area (Å²) in [5.41, 5.74) is 3.25. The van der Waals surface area contributed by atoms with Gasteiger partial charge < -0.3 is 15.6 Å². The van der Waals surface area contributed by atoms with Crippen LogP contribution in [0.3, 0.4) is 0 Å². The highest BCUT2D eigenvalue weighted by molar-refractivity contribution is 6.07. The van der Waals surface area contributed by atoms with Crippen molar-refractivity contribution in [2.45, 2.75) is 43.8 Å². The van der Waals surface area contributed by atoms with Crippen LogP contribution < -0.4 is 10.6 Å². The van der Waals surface area contributed by atoms with Crippen LogP contribution >= 0.6 is 0 Å². The molecule has 1 aliphatic heterocycles. The van der Waals surface area contributed by atoms with Crippen LogP contribution in [0.2, 0.25) is 0 Å². The van der Waals surface area contributed by atoms with Crippen LogP contribution in [-0.4, -0.2) is 29.0 Å². The fourth-order valence-corrected chi connectivity index (χ4v) is 4.80. The lowest BCUT2D eigenvalue weighted by Gasteiger charge is -2.23. The van der Waals surface area contributed by atoms with E-state index in [9.17, 15) is 10.1 Å². The molecule has 5 heteroatoms. The van der Waals surface area contributed by atoms with E-state index < -0.39 is 6.04 Å². The monoisotopic (exact) mass is 358 g/mol. The van der Waals surface area contributed by atoms with Gasteiger partial charge in [0.15, 0.2) is 0 Å². The average Bonchev–Trinajstić information content (AvgIpc) is 3.41. The number of carbonyl (C=O) groups excluding carboxylic acids is 1. The highest BCUT2D eigenvalue weighted by atomic mass is 16.2. The molecule has 136 valence electrons. The minimum Gasteiger partial charge on any atom is -0.355 e. The van der Waals surface area contributed by atoms with E-state index in [1.165, 1.54) is 11.8 Å². The number of aromatic nitrogens is 1. The molecule has 2 aromatic carbocycles. The third-order valence-electron chi connectivity index (χ3n) is 6.13. The van der Waals surface area contributed by atoms with Gasteiger partial charge in [-0.1, -0.05) is 24.3 Å². The molecule has 2 aliphatic rings. The third-order valence-corrected chi connectivity index (χ3v) is 6.13. The first-order valence-electron chi connectivity index (χ1n) is 9.66. The first-order chi connectivity index (χ1) is 13.2. The van der Waals surface area contributed by atoms with Crippen molar-refractivity contribution in [3.05, 3.63) is 48.0 Å². The number of benzene rings is 2. The maximum atomic E-state index is 12.6. The first kappa shape index (κ1) is 16.3. The van der Waals surface area contributed by atoms with Gasteiger partial charge in [0.1, 0.15) is 6.04 Å². The highest BCUT2D eigenvalue weighted by Crippen LogP contribution is 2.35. The van der Waals surface area contributed by atoms with E-state index in [2.05, 4.69) is 46.0 Å². The largest absolute Gasteiger partial charge is 0.355 e. The zero-order valence-electron chi connectivity index (χ0n) is 15.0. The molecule has 1 aliphatic carbocycles. The summed E-state index contributed by atoms with van der Waals surface area (Å²) in [5.74, 6) is 0.402. The molecule has 5 rings (SSSR count). The number of carbonyl (C=O) groups is 1. The third kappa shape index (κ3) is 2.87. The summed E-state index contributed by atoms with van der Waals surface area (Å²) in [5, 5.41) is 18.2. The Kier molecular flexibility index (Phi) is 3.87. The molecule has 2 heterocycles. The predicted octanol–water partition coefficient (Wildman–Crippen LogP) is 3.01. The van der Waals surface area contributed by atoms with Crippen molar-refractivity contribution in [3.8, 4) is 6.07 Å². The Morgan fingerprint density at radius 1 is 1.19 bits per heavy atom. The number of aromatic amines is 1. The summed E-state index contributed by atoms with van der Waals surface area (Å²) in [6.07, 6.45) is 3.88. The topological polar surface area (TPSA) is 80.7 Å². The van der Waals surface area contributed by atoms with Crippen LogP contribution in [0.5, 0.6) is 0 Å². The highest BCUT2D eigenvalue weighted by Gasteiger charge is 2.43. The number of H-pyrrole nitrogens is 1. The second-order valence-corrected chi connectivity index (χ2v) is 7.86. The molecule has 1 amide bonds. The van der Waals surface area contributed by atoms with Gasteiger partial charge in [0.25, 0.3) is 0 Å². The molecular weight excluding hydrogens is 336 g/mol. The minimum atomic E-state index is -0.513. The van der Waals surface area contributed by atoms with E-state index in [0.29, 0.717) is 18.4 Å². The SMILES string of the molecule is N#CC(Cc1ccc2[nH]c3ccccc3c2c1)NC(=O)C1NC2CCC1C2. The standard InChI is InChI=1S/C22H22N4O/c23-12-16(25-22(27)21-14-6-7-15(11-14)24-21)9-13-5-8-20-18(10-13)17-3-1-2-4-19(17)26-20/h1-5,8,10,14-16,21,24,26H,6-7,9,11H2,(H,25,27). The van der Waals surface area contributed by atoms with Crippen LogP contribution in [0, 0.1) is 17.2 Å². The summed E-state index contributed by atoms with van der Waals surface area (Å²) < 4.78 is 0. The van der Waals surface area contributed by atoms with Crippen LogP contribution in [0.1, 0.15) is 24.8 Å². The number of piperidine rings is 1. The number of nitriles is 1. The molecule has 2 bridgehead atoms. The molecule has 3 aromatic rings. The number of hydrogen-bond donors (Lipinski definition) is 3. The van der Waals surface area contributed by atoms with Gasteiger partial charge in [0.2, 0.25) is 5.91 Å². The second kappa shape index (κ2) is 6.40. The predicted molar refractivity (Wildman–Crippen MR) is 105 cm³/mol. The minimum absolute atomic E-state index is 0.0260. The van der Waals surface area contributed by atoms with Crippen LogP contribution in [0.25, 0.3) is 21.8 Å². The van der Waals surface area contributed by atoms with Crippen molar-refractivity contribution >= 4 is 27.7 Å². The molecule has 0 radical (unpaired) electrons. The first-order valence-corrected chi connectivity index (χ1v) is 9.66. The van der Waals surface area contributed by atoms with E-state index in [0.717, 1.165) is 34.8 Å². The van der Waals surface area contributed by atoms with Crippen molar-refractivity contribution in [3.63, 3.8) is 0 Å². The van der Waals surface area contributed by atoms with Gasteiger partial charge in [-0.3, -0.25) is 4.79 Å². The van der Waals surface area contributed by atoms with Gasteiger partial charge in [-0.15, -0.1) is 0 Å². The Hall–Kier alpha value is -2.84. The van der Waals surface area contributed by atoms with Crippen molar-refractivity contribution in [2.75, 3.05) is 0 Å². The molecule has 27 heavy (non-hydrogen) atoms.